The van der Waals surface area contributed by atoms with Crippen LogP contribution in [0, 0.1) is 5.82 Å². The Hall–Kier alpha value is -3.09. The highest BCUT2D eigenvalue weighted by molar-refractivity contribution is 5.96. The van der Waals surface area contributed by atoms with Gasteiger partial charge in [-0.3, -0.25) is 4.79 Å². The van der Waals surface area contributed by atoms with Crippen LogP contribution in [-0.4, -0.2) is 32.6 Å². The van der Waals surface area contributed by atoms with E-state index in [2.05, 4.69) is 16.0 Å². The van der Waals surface area contributed by atoms with Gasteiger partial charge in [-0.05, 0) is 48.5 Å². The molecule has 0 fully saturated rings. The van der Waals surface area contributed by atoms with Crippen molar-refractivity contribution in [1.29, 1.82) is 0 Å². The molecule has 2 aromatic rings. The van der Waals surface area contributed by atoms with Gasteiger partial charge in [0.1, 0.15) is 5.82 Å². The van der Waals surface area contributed by atoms with Crippen LogP contribution < -0.4 is 20.9 Å². The summed E-state index contributed by atoms with van der Waals surface area (Å²) in [6.07, 6.45) is 0. The van der Waals surface area contributed by atoms with Crippen LogP contribution in [-0.2, 0) is 4.79 Å². The van der Waals surface area contributed by atoms with E-state index in [1.54, 1.807) is 12.1 Å². The molecule has 2 aromatic carbocycles. The van der Waals surface area contributed by atoms with Crippen molar-refractivity contribution in [1.82, 2.24) is 5.32 Å². The Kier molecular flexibility index (Phi) is 5.73. The number of carbonyl (C=O) groups excluding carboxylic acids is 2. The Balaban J connectivity index is 1.77. The molecule has 0 aliphatic rings. The van der Waals surface area contributed by atoms with Crippen LogP contribution in [0.5, 0.6) is 0 Å². The van der Waals surface area contributed by atoms with Gasteiger partial charge in [0, 0.05) is 31.2 Å². The predicted molar refractivity (Wildman–Crippen MR) is 92.8 cm³/mol. The minimum Gasteiger partial charge on any atom is -0.378 e. The Morgan fingerprint density at radius 2 is 1.46 bits per heavy atom. The van der Waals surface area contributed by atoms with E-state index < -0.39 is 11.9 Å². The fourth-order valence-corrected chi connectivity index (χ4v) is 1.92. The fourth-order valence-electron chi connectivity index (χ4n) is 1.92. The smallest absolute Gasteiger partial charge is 0.319 e. The van der Waals surface area contributed by atoms with Gasteiger partial charge < -0.3 is 20.9 Å². The van der Waals surface area contributed by atoms with E-state index in [0.29, 0.717) is 11.4 Å². The highest BCUT2D eigenvalue weighted by Crippen LogP contribution is 2.15. The number of hydrogen-bond acceptors (Lipinski definition) is 3. The quantitative estimate of drug-likeness (QED) is 0.789. The molecule has 0 aliphatic heterocycles. The van der Waals surface area contributed by atoms with Crippen molar-refractivity contribution in [3.63, 3.8) is 0 Å². The topological polar surface area (TPSA) is 73.5 Å². The number of nitrogens with zero attached hydrogens (tertiary/aromatic N) is 1. The molecule has 6 nitrogen and oxygen atoms in total. The molecule has 0 unspecified atom stereocenters. The maximum atomic E-state index is 12.8. The van der Waals surface area contributed by atoms with E-state index in [-0.39, 0.29) is 12.4 Å². The Labute approximate surface area is 139 Å². The number of rotatable bonds is 5. The number of halogens is 1. The summed E-state index contributed by atoms with van der Waals surface area (Å²) in [6.45, 7) is -0.195. The average molecular weight is 330 g/mol. The molecular formula is C17H19FN4O2. The van der Waals surface area contributed by atoms with Gasteiger partial charge in [0.05, 0.1) is 6.54 Å². The normalized spacial score (nSPS) is 9.96. The van der Waals surface area contributed by atoms with Crippen LogP contribution in [0.2, 0.25) is 0 Å². The van der Waals surface area contributed by atoms with Crippen molar-refractivity contribution in [3.8, 4) is 0 Å². The van der Waals surface area contributed by atoms with E-state index in [1.165, 1.54) is 24.3 Å². The fraction of sp³-hybridized carbons (Fsp3) is 0.176. The second-order valence-electron chi connectivity index (χ2n) is 5.30. The summed E-state index contributed by atoms with van der Waals surface area (Å²) >= 11 is 0. The molecule has 126 valence electrons. The molecule has 3 N–H and O–H groups in total. The minimum absolute atomic E-state index is 0.195. The standard InChI is InChI=1S/C17H19FN4O2/c1-22(2)15-9-7-14(8-10-15)21-17(24)19-11-16(23)20-13-5-3-12(18)4-6-13/h3-10H,11H2,1-2H3,(H,20,23)(H2,19,21,24). The monoisotopic (exact) mass is 330 g/mol. The summed E-state index contributed by atoms with van der Waals surface area (Å²) in [5.41, 5.74) is 2.10. The molecule has 0 spiro atoms. The van der Waals surface area contributed by atoms with E-state index >= 15 is 0 Å². The van der Waals surface area contributed by atoms with Gasteiger partial charge >= 0.3 is 6.03 Å². The first kappa shape index (κ1) is 17.3. The summed E-state index contributed by atoms with van der Waals surface area (Å²) in [4.78, 5) is 25.4. The zero-order valence-corrected chi connectivity index (χ0v) is 13.5. The molecule has 0 saturated heterocycles. The minimum atomic E-state index is -0.484. The summed E-state index contributed by atoms with van der Waals surface area (Å²) in [7, 11) is 3.85. The lowest BCUT2D eigenvalue weighted by atomic mass is 10.2. The van der Waals surface area contributed by atoms with Crippen LogP contribution in [0.1, 0.15) is 0 Å². The van der Waals surface area contributed by atoms with Crippen molar-refractivity contribution in [2.45, 2.75) is 0 Å². The number of nitrogens with one attached hydrogen (secondary N) is 3. The molecule has 0 bridgehead atoms. The molecule has 0 aromatic heterocycles. The predicted octanol–water partition coefficient (Wildman–Crippen LogP) is 2.65. The van der Waals surface area contributed by atoms with Gasteiger partial charge in [-0.25, -0.2) is 9.18 Å². The summed E-state index contributed by atoms with van der Waals surface area (Å²) in [6, 6.07) is 12.2. The number of benzene rings is 2. The van der Waals surface area contributed by atoms with Crippen molar-refractivity contribution >= 4 is 29.0 Å². The number of amides is 3. The zero-order valence-electron chi connectivity index (χ0n) is 13.5. The second kappa shape index (κ2) is 7.96. The van der Waals surface area contributed by atoms with Gasteiger partial charge in [-0.2, -0.15) is 0 Å². The van der Waals surface area contributed by atoms with Crippen molar-refractivity contribution < 1.29 is 14.0 Å². The number of carbonyl (C=O) groups is 2. The second-order valence-corrected chi connectivity index (χ2v) is 5.30. The Morgan fingerprint density at radius 3 is 2.04 bits per heavy atom. The average Bonchev–Trinajstić information content (AvgIpc) is 2.55. The summed E-state index contributed by atoms with van der Waals surface area (Å²) < 4.78 is 12.8. The molecule has 0 saturated carbocycles. The molecule has 0 aliphatic carbocycles. The van der Waals surface area contributed by atoms with Crippen molar-refractivity contribution in [3.05, 3.63) is 54.3 Å². The van der Waals surface area contributed by atoms with Gasteiger partial charge in [0.25, 0.3) is 0 Å². The number of hydrogen-bond donors (Lipinski definition) is 3. The number of anilines is 3. The zero-order chi connectivity index (χ0) is 17.5. The SMILES string of the molecule is CN(C)c1ccc(NC(=O)NCC(=O)Nc2ccc(F)cc2)cc1. The molecule has 3 amide bonds. The Bertz CT molecular complexity index is 700. The van der Waals surface area contributed by atoms with Gasteiger partial charge in [-0.1, -0.05) is 0 Å². The lowest BCUT2D eigenvalue weighted by molar-refractivity contribution is -0.115. The molecule has 2 rings (SSSR count). The highest BCUT2D eigenvalue weighted by Gasteiger charge is 2.06. The van der Waals surface area contributed by atoms with E-state index in [1.807, 2.05) is 31.1 Å². The molecule has 24 heavy (non-hydrogen) atoms. The molecule has 0 radical (unpaired) electrons. The number of urea groups is 1. The molecule has 0 atom stereocenters. The third kappa shape index (κ3) is 5.28. The van der Waals surface area contributed by atoms with Crippen LogP contribution in [0.4, 0.5) is 26.2 Å². The van der Waals surface area contributed by atoms with E-state index in [9.17, 15) is 14.0 Å². The first-order chi connectivity index (χ1) is 11.4. The van der Waals surface area contributed by atoms with Crippen LogP contribution in [0.15, 0.2) is 48.5 Å². The molecule has 0 heterocycles. The van der Waals surface area contributed by atoms with Gasteiger partial charge in [0.2, 0.25) is 5.91 Å². The van der Waals surface area contributed by atoms with Crippen molar-refractivity contribution in [2.24, 2.45) is 0 Å². The van der Waals surface area contributed by atoms with Crippen molar-refractivity contribution in [2.75, 3.05) is 36.2 Å². The first-order valence-electron chi connectivity index (χ1n) is 7.32. The summed E-state index contributed by atoms with van der Waals surface area (Å²) in [5, 5.41) is 7.64. The third-order valence-electron chi connectivity index (χ3n) is 3.18. The van der Waals surface area contributed by atoms with Crippen LogP contribution in [0.3, 0.4) is 0 Å². The molecular weight excluding hydrogens is 311 g/mol. The van der Waals surface area contributed by atoms with E-state index in [0.717, 1.165) is 5.69 Å². The van der Waals surface area contributed by atoms with Gasteiger partial charge in [0.15, 0.2) is 0 Å². The van der Waals surface area contributed by atoms with E-state index in [4.69, 9.17) is 0 Å². The highest BCUT2D eigenvalue weighted by atomic mass is 19.1. The largest absolute Gasteiger partial charge is 0.378 e. The first-order valence-corrected chi connectivity index (χ1v) is 7.32. The lowest BCUT2D eigenvalue weighted by Crippen LogP contribution is -2.35. The summed E-state index contributed by atoms with van der Waals surface area (Å²) in [5.74, 6) is -0.787. The maximum Gasteiger partial charge on any atom is 0.319 e. The third-order valence-corrected chi connectivity index (χ3v) is 3.18. The van der Waals surface area contributed by atoms with Crippen LogP contribution in [0.25, 0.3) is 0 Å². The molecule has 7 heteroatoms. The maximum absolute atomic E-state index is 12.8. The Morgan fingerprint density at radius 1 is 0.917 bits per heavy atom. The van der Waals surface area contributed by atoms with Crippen LogP contribution >= 0.6 is 0 Å². The lowest BCUT2D eigenvalue weighted by Gasteiger charge is -2.13. The van der Waals surface area contributed by atoms with Gasteiger partial charge in [-0.15, -0.1) is 0 Å².